The summed E-state index contributed by atoms with van der Waals surface area (Å²) in [6, 6.07) is 15.6. The summed E-state index contributed by atoms with van der Waals surface area (Å²) in [5.74, 6) is 1.75. The Bertz CT molecular complexity index is 1550. The van der Waals surface area contributed by atoms with Crippen LogP contribution in [-0.2, 0) is 12.8 Å². The number of rotatable bonds is 6. The van der Waals surface area contributed by atoms with Gasteiger partial charge in [0, 0.05) is 42.5 Å². The Balaban J connectivity index is 1.10. The molecule has 2 aromatic heterocycles. The minimum absolute atomic E-state index is 0.0348. The fraction of sp³-hybridized carbons (Fsp3) is 0.400. The Hall–Kier alpha value is -3.89. The second-order valence-electron chi connectivity index (χ2n) is 11.2. The third-order valence-electron chi connectivity index (χ3n) is 8.60. The molecule has 3 unspecified atom stereocenters. The molecular formula is C30H34FN9. The van der Waals surface area contributed by atoms with Gasteiger partial charge in [-0.3, -0.25) is 0 Å². The quantitative estimate of drug-likeness (QED) is 0.333. The molecule has 2 saturated heterocycles. The average molecular weight is 540 g/mol. The third kappa shape index (κ3) is 4.50. The summed E-state index contributed by atoms with van der Waals surface area (Å²) in [5.41, 5.74) is 11.9. The molecule has 4 aromatic rings. The van der Waals surface area contributed by atoms with Crippen molar-refractivity contribution in [3.05, 3.63) is 71.0 Å². The van der Waals surface area contributed by atoms with Crippen molar-refractivity contribution in [2.24, 2.45) is 11.8 Å². The van der Waals surface area contributed by atoms with E-state index in [0.717, 1.165) is 74.2 Å². The average Bonchev–Trinajstić information content (AvgIpc) is 3.60. The van der Waals surface area contributed by atoms with Gasteiger partial charge >= 0.3 is 0 Å². The first-order valence-corrected chi connectivity index (χ1v) is 14.3. The Labute approximate surface area is 233 Å². The second kappa shape index (κ2) is 10.3. The van der Waals surface area contributed by atoms with Gasteiger partial charge in [0.05, 0.1) is 5.69 Å². The zero-order valence-electron chi connectivity index (χ0n) is 22.6. The SMILES string of the molecule is CCCN1CC2CNC(c3ccc(Nc4nc(N)n(-c5cc6c(nn5)-c5ccccc5CCC6)n4)cc3F)C2C1. The van der Waals surface area contributed by atoms with E-state index in [4.69, 9.17) is 5.73 Å². The number of aromatic nitrogens is 5. The lowest BCUT2D eigenvalue weighted by atomic mass is 9.89. The smallest absolute Gasteiger partial charge is 0.248 e. The minimum atomic E-state index is -0.235. The van der Waals surface area contributed by atoms with E-state index in [9.17, 15) is 0 Å². The van der Waals surface area contributed by atoms with Gasteiger partial charge in [0.25, 0.3) is 0 Å². The molecule has 7 rings (SSSR count). The molecular weight excluding hydrogens is 505 g/mol. The number of nitrogens with zero attached hydrogens (tertiary/aromatic N) is 6. The highest BCUT2D eigenvalue weighted by atomic mass is 19.1. The lowest BCUT2D eigenvalue weighted by Crippen LogP contribution is -2.28. The van der Waals surface area contributed by atoms with Crippen molar-refractivity contribution in [1.29, 1.82) is 0 Å². The van der Waals surface area contributed by atoms with Gasteiger partial charge in [0.2, 0.25) is 11.9 Å². The van der Waals surface area contributed by atoms with E-state index >= 15 is 4.39 Å². The number of fused-ring (bicyclic) bond motifs is 4. The minimum Gasteiger partial charge on any atom is -0.368 e. The molecule has 40 heavy (non-hydrogen) atoms. The van der Waals surface area contributed by atoms with Crippen molar-refractivity contribution < 1.29 is 4.39 Å². The van der Waals surface area contributed by atoms with Gasteiger partial charge in [-0.25, -0.2) is 4.39 Å². The van der Waals surface area contributed by atoms with Crippen LogP contribution in [0, 0.1) is 17.7 Å². The number of nitrogens with one attached hydrogen (secondary N) is 2. The van der Waals surface area contributed by atoms with E-state index in [2.05, 4.69) is 60.9 Å². The van der Waals surface area contributed by atoms with Crippen LogP contribution < -0.4 is 16.4 Å². The largest absolute Gasteiger partial charge is 0.368 e. The molecule has 9 nitrogen and oxygen atoms in total. The van der Waals surface area contributed by atoms with Crippen molar-refractivity contribution in [3.63, 3.8) is 0 Å². The van der Waals surface area contributed by atoms with Gasteiger partial charge in [-0.05, 0) is 73.4 Å². The fourth-order valence-corrected chi connectivity index (χ4v) is 6.76. The van der Waals surface area contributed by atoms with E-state index in [-0.39, 0.29) is 23.8 Å². The molecule has 2 aromatic carbocycles. The first kappa shape index (κ1) is 25.1. The maximum absolute atomic E-state index is 15.4. The topological polar surface area (TPSA) is 110 Å². The number of aryl methyl sites for hydroxylation is 2. The number of halogens is 1. The molecule has 0 saturated carbocycles. The van der Waals surface area contributed by atoms with Crippen molar-refractivity contribution in [1.82, 2.24) is 35.2 Å². The van der Waals surface area contributed by atoms with Gasteiger partial charge in [-0.15, -0.1) is 15.3 Å². The van der Waals surface area contributed by atoms with Crippen molar-refractivity contribution in [2.75, 3.05) is 37.2 Å². The molecule has 0 radical (unpaired) electrons. The Kier molecular flexibility index (Phi) is 6.44. The van der Waals surface area contributed by atoms with E-state index in [1.54, 1.807) is 0 Å². The molecule has 3 atom stereocenters. The lowest BCUT2D eigenvalue weighted by molar-refractivity contribution is 0.301. The predicted octanol–water partition coefficient (Wildman–Crippen LogP) is 4.28. The molecule has 4 heterocycles. The first-order chi connectivity index (χ1) is 19.6. The van der Waals surface area contributed by atoms with Crippen LogP contribution in [-0.4, -0.2) is 56.0 Å². The molecule has 0 amide bonds. The number of hydrogen-bond donors (Lipinski definition) is 3. The normalized spacial score (nSPS) is 22.0. The molecule has 3 aliphatic rings. The van der Waals surface area contributed by atoms with Crippen LogP contribution in [0.1, 0.15) is 42.5 Å². The third-order valence-corrected chi connectivity index (χ3v) is 8.60. The molecule has 2 aliphatic heterocycles. The summed E-state index contributed by atoms with van der Waals surface area (Å²) in [6.45, 7) is 6.38. The Morgan fingerprint density at radius 3 is 2.83 bits per heavy atom. The van der Waals surface area contributed by atoms with Crippen LogP contribution >= 0.6 is 0 Å². The van der Waals surface area contributed by atoms with Gasteiger partial charge in [0.1, 0.15) is 5.82 Å². The molecule has 2 fully saturated rings. The number of anilines is 3. The number of likely N-dealkylation sites (tertiary alicyclic amines) is 1. The highest BCUT2D eigenvalue weighted by Crippen LogP contribution is 2.40. The van der Waals surface area contributed by atoms with Gasteiger partial charge in [-0.1, -0.05) is 37.3 Å². The van der Waals surface area contributed by atoms with Gasteiger partial charge in [-0.2, -0.15) is 9.67 Å². The molecule has 0 bridgehead atoms. The summed E-state index contributed by atoms with van der Waals surface area (Å²) >= 11 is 0. The summed E-state index contributed by atoms with van der Waals surface area (Å²) in [5, 5.41) is 20.2. The van der Waals surface area contributed by atoms with E-state index in [1.807, 2.05) is 24.3 Å². The van der Waals surface area contributed by atoms with Crippen LogP contribution in [0.4, 0.5) is 22.0 Å². The molecule has 4 N–H and O–H groups in total. The zero-order valence-corrected chi connectivity index (χ0v) is 22.6. The highest BCUT2D eigenvalue weighted by Gasteiger charge is 2.43. The standard InChI is InChI=1S/C30H34FN9/c1-2-12-39-16-20-15-33-28(24(20)17-39)23-11-10-21(14-25(23)31)34-30-35-29(32)40(38-30)26-13-19-8-5-7-18-6-3-4-9-22(18)27(19)37-36-26/h3-4,6,9-11,13-14,20,24,28,33H,2,5,7-8,12,15-17H2,1H3,(H3,32,34,35,38). The molecule has 206 valence electrons. The van der Waals surface area contributed by atoms with E-state index in [1.165, 1.54) is 16.3 Å². The van der Waals surface area contributed by atoms with Crippen LogP contribution in [0.5, 0.6) is 0 Å². The van der Waals surface area contributed by atoms with Crippen LogP contribution in [0.15, 0.2) is 48.5 Å². The fourth-order valence-electron chi connectivity index (χ4n) is 6.76. The van der Waals surface area contributed by atoms with Crippen LogP contribution in [0.25, 0.3) is 17.1 Å². The van der Waals surface area contributed by atoms with Gasteiger partial charge in [0.15, 0.2) is 5.82 Å². The molecule has 0 spiro atoms. The van der Waals surface area contributed by atoms with E-state index in [0.29, 0.717) is 23.3 Å². The number of hydrogen-bond acceptors (Lipinski definition) is 8. The Morgan fingerprint density at radius 2 is 1.95 bits per heavy atom. The number of nitrogens with two attached hydrogens (primary N) is 1. The van der Waals surface area contributed by atoms with Crippen molar-refractivity contribution >= 4 is 17.6 Å². The number of nitrogen functional groups attached to an aromatic ring is 1. The predicted molar refractivity (Wildman–Crippen MR) is 153 cm³/mol. The summed E-state index contributed by atoms with van der Waals surface area (Å²) in [7, 11) is 0. The maximum atomic E-state index is 15.4. The summed E-state index contributed by atoms with van der Waals surface area (Å²) in [6.07, 6.45) is 4.08. The summed E-state index contributed by atoms with van der Waals surface area (Å²) < 4.78 is 16.8. The Morgan fingerprint density at radius 1 is 1.07 bits per heavy atom. The zero-order chi connectivity index (χ0) is 27.2. The first-order valence-electron chi connectivity index (χ1n) is 14.3. The maximum Gasteiger partial charge on any atom is 0.248 e. The second-order valence-corrected chi connectivity index (χ2v) is 11.2. The monoisotopic (exact) mass is 539 g/mol. The molecule has 10 heteroatoms. The van der Waals surface area contributed by atoms with Crippen molar-refractivity contribution in [3.8, 4) is 17.1 Å². The van der Waals surface area contributed by atoms with Gasteiger partial charge < -0.3 is 21.3 Å². The van der Waals surface area contributed by atoms with Crippen molar-refractivity contribution in [2.45, 2.75) is 38.6 Å². The molecule has 1 aliphatic carbocycles. The highest BCUT2D eigenvalue weighted by molar-refractivity contribution is 5.68. The van der Waals surface area contributed by atoms with Crippen LogP contribution in [0.2, 0.25) is 0 Å². The lowest BCUT2D eigenvalue weighted by Gasteiger charge is -2.22. The van der Waals surface area contributed by atoms with Crippen LogP contribution in [0.3, 0.4) is 0 Å². The number of benzene rings is 2. The summed E-state index contributed by atoms with van der Waals surface area (Å²) in [4.78, 5) is 6.87. The van der Waals surface area contributed by atoms with E-state index < -0.39 is 0 Å².